The zero-order valence-corrected chi connectivity index (χ0v) is 14.6. The van der Waals surface area contributed by atoms with Crippen LogP contribution in [0.5, 0.6) is 0 Å². The molecule has 3 aromatic rings. The maximum Gasteiger partial charge on any atom is 0.433 e. The predicted molar refractivity (Wildman–Crippen MR) is 93.2 cm³/mol. The van der Waals surface area contributed by atoms with Gasteiger partial charge < -0.3 is 4.52 Å². The Hall–Kier alpha value is -3.16. The van der Waals surface area contributed by atoms with E-state index in [4.69, 9.17) is 4.52 Å². The van der Waals surface area contributed by atoms with Gasteiger partial charge in [0.05, 0.1) is 11.3 Å². The quantitative estimate of drug-likeness (QED) is 0.706. The van der Waals surface area contributed by atoms with Gasteiger partial charge in [0.25, 0.3) is 5.91 Å². The molecule has 140 valence electrons. The minimum atomic E-state index is -4.56. The molecule has 3 rings (SSSR count). The number of nitrogens with zero attached hydrogens (tertiary/aromatic N) is 2. The lowest BCUT2D eigenvalue weighted by molar-refractivity contribution is -0.141. The molecule has 0 aliphatic heterocycles. The second-order valence-electron chi connectivity index (χ2n) is 5.91. The minimum absolute atomic E-state index is 0.0215. The zero-order chi connectivity index (χ0) is 19.6. The summed E-state index contributed by atoms with van der Waals surface area (Å²) in [6, 6.07) is 11.1. The molecule has 0 saturated carbocycles. The summed E-state index contributed by atoms with van der Waals surface area (Å²) in [5.74, 6) is -0.536. The van der Waals surface area contributed by atoms with Crippen molar-refractivity contribution in [1.29, 1.82) is 0 Å². The average molecular weight is 375 g/mol. The fourth-order valence-electron chi connectivity index (χ4n) is 2.52. The molecule has 0 atom stereocenters. The topological polar surface area (TPSA) is 68.0 Å². The minimum Gasteiger partial charge on any atom is -0.338 e. The van der Waals surface area contributed by atoms with Crippen molar-refractivity contribution in [2.24, 2.45) is 0 Å². The van der Waals surface area contributed by atoms with Crippen LogP contribution in [0.1, 0.15) is 34.2 Å². The molecule has 2 heterocycles. The first-order valence-corrected chi connectivity index (χ1v) is 8.20. The van der Waals surface area contributed by atoms with Crippen molar-refractivity contribution in [2.45, 2.75) is 26.4 Å². The Morgan fingerprint density at radius 1 is 1.15 bits per heavy atom. The van der Waals surface area contributed by atoms with E-state index in [1.54, 1.807) is 6.07 Å². The molecule has 1 amide bonds. The number of hydrogen-bond donors (Lipinski definition) is 1. The Labute approximate surface area is 153 Å². The molecule has 0 aliphatic rings. The van der Waals surface area contributed by atoms with Crippen molar-refractivity contribution in [3.05, 3.63) is 65.0 Å². The summed E-state index contributed by atoms with van der Waals surface area (Å²) in [5, 5.41) is 6.38. The third-order valence-corrected chi connectivity index (χ3v) is 4.03. The van der Waals surface area contributed by atoms with Crippen LogP contribution in [-0.4, -0.2) is 16.0 Å². The number of benzene rings is 1. The van der Waals surface area contributed by atoms with Gasteiger partial charge in [-0.1, -0.05) is 36.3 Å². The summed E-state index contributed by atoms with van der Waals surface area (Å²) in [7, 11) is 0. The smallest absolute Gasteiger partial charge is 0.338 e. The SMILES string of the molecule is CCc1ccc(-c2cc(NC(=O)c3ccc(C(F)(F)F)nc3C)on2)cc1. The molecule has 1 N–H and O–H groups in total. The van der Waals surface area contributed by atoms with Crippen LogP contribution in [0.15, 0.2) is 47.0 Å². The molecule has 0 bridgehead atoms. The fourth-order valence-corrected chi connectivity index (χ4v) is 2.52. The van der Waals surface area contributed by atoms with Crippen LogP contribution in [0.2, 0.25) is 0 Å². The van der Waals surface area contributed by atoms with Gasteiger partial charge in [0.15, 0.2) is 0 Å². The van der Waals surface area contributed by atoms with Gasteiger partial charge in [-0.05, 0) is 31.0 Å². The Morgan fingerprint density at radius 3 is 2.44 bits per heavy atom. The molecule has 0 unspecified atom stereocenters. The average Bonchev–Trinajstić information content (AvgIpc) is 3.09. The van der Waals surface area contributed by atoms with Crippen LogP contribution in [0, 0.1) is 6.92 Å². The summed E-state index contributed by atoms with van der Waals surface area (Å²) in [6.07, 6.45) is -3.64. The van der Waals surface area contributed by atoms with Crippen molar-refractivity contribution in [3.8, 4) is 11.3 Å². The highest BCUT2D eigenvalue weighted by atomic mass is 19.4. The van der Waals surface area contributed by atoms with Crippen molar-refractivity contribution < 1.29 is 22.5 Å². The fraction of sp³-hybridized carbons (Fsp3) is 0.211. The second-order valence-corrected chi connectivity index (χ2v) is 5.91. The van der Waals surface area contributed by atoms with Gasteiger partial charge in [0, 0.05) is 11.6 Å². The summed E-state index contributed by atoms with van der Waals surface area (Å²) in [6.45, 7) is 3.39. The normalized spacial score (nSPS) is 11.4. The molecule has 5 nitrogen and oxygen atoms in total. The van der Waals surface area contributed by atoms with Crippen LogP contribution in [-0.2, 0) is 12.6 Å². The van der Waals surface area contributed by atoms with Crippen LogP contribution in [0.4, 0.5) is 19.1 Å². The van der Waals surface area contributed by atoms with Gasteiger partial charge in [-0.2, -0.15) is 13.2 Å². The monoisotopic (exact) mass is 375 g/mol. The second kappa shape index (κ2) is 7.22. The van der Waals surface area contributed by atoms with E-state index in [-0.39, 0.29) is 17.1 Å². The molecule has 8 heteroatoms. The number of rotatable bonds is 4. The zero-order valence-electron chi connectivity index (χ0n) is 14.6. The first kappa shape index (κ1) is 18.6. The highest BCUT2D eigenvalue weighted by Crippen LogP contribution is 2.28. The molecule has 1 aromatic carbocycles. The van der Waals surface area contributed by atoms with Crippen molar-refractivity contribution in [2.75, 3.05) is 5.32 Å². The number of halogens is 3. The molecule has 0 aliphatic carbocycles. The van der Waals surface area contributed by atoms with E-state index in [1.807, 2.05) is 24.3 Å². The van der Waals surface area contributed by atoms with Gasteiger partial charge in [-0.15, -0.1) is 0 Å². The third kappa shape index (κ3) is 4.16. The first-order chi connectivity index (χ1) is 12.8. The van der Waals surface area contributed by atoms with Crippen molar-refractivity contribution in [3.63, 3.8) is 0 Å². The van der Waals surface area contributed by atoms with E-state index in [2.05, 4.69) is 22.4 Å². The number of amides is 1. The van der Waals surface area contributed by atoms with Crippen LogP contribution < -0.4 is 5.32 Å². The van der Waals surface area contributed by atoms with Gasteiger partial charge in [-0.25, -0.2) is 4.98 Å². The van der Waals surface area contributed by atoms with Crippen LogP contribution >= 0.6 is 0 Å². The van der Waals surface area contributed by atoms with E-state index in [0.29, 0.717) is 5.69 Å². The van der Waals surface area contributed by atoms with E-state index < -0.39 is 17.8 Å². The van der Waals surface area contributed by atoms with Crippen LogP contribution in [0.25, 0.3) is 11.3 Å². The maximum atomic E-state index is 12.7. The lowest BCUT2D eigenvalue weighted by Gasteiger charge is -2.09. The number of pyridine rings is 1. The highest BCUT2D eigenvalue weighted by Gasteiger charge is 2.33. The number of nitrogens with one attached hydrogen (secondary N) is 1. The maximum absolute atomic E-state index is 12.7. The summed E-state index contributed by atoms with van der Waals surface area (Å²) in [5.41, 5.74) is 1.49. The van der Waals surface area contributed by atoms with Gasteiger partial charge in [0.1, 0.15) is 11.4 Å². The molecule has 27 heavy (non-hydrogen) atoms. The molecule has 0 spiro atoms. The van der Waals surface area contributed by atoms with Crippen molar-refractivity contribution in [1.82, 2.24) is 10.1 Å². The van der Waals surface area contributed by atoms with Crippen LogP contribution in [0.3, 0.4) is 0 Å². The summed E-state index contributed by atoms with van der Waals surface area (Å²) in [4.78, 5) is 15.7. The molecule has 0 radical (unpaired) electrons. The molecular formula is C19H16F3N3O2. The predicted octanol–water partition coefficient (Wildman–Crippen LogP) is 4.88. The summed E-state index contributed by atoms with van der Waals surface area (Å²) < 4.78 is 43.1. The molecule has 0 saturated heterocycles. The molecule has 0 fully saturated rings. The number of anilines is 1. The Morgan fingerprint density at radius 2 is 1.85 bits per heavy atom. The van der Waals surface area contributed by atoms with E-state index in [9.17, 15) is 18.0 Å². The molecular weight excluding hydrogens is 359 g/mol. The highest BCUT2D eigenvalue weighted by molar-refractivity contribution is 6.04. The van der Waals surface area contributed by atoms with Gasteiger partial charge >= 0.3 is 6.18 Å². The van der Waals surface area contributed by atoms with E-state index in [1.165, 1.54) is 12.5 Å². The summed E-state index contributed by atoms with van der Waals surface area (Å²) >= 11 is 0. The Kier molecular flexibility index (Phi) is 4.98. The first-order valence-electron chi connectivity index (χ1n) is 8.20. The van der Waals surface area contributed by atoms with Gasteiger partial charge in [-0.3, -0.25) is 10.1 Å². The standard InChI is InChI=1S/C19H16F3N3O2/c1-3-12-4-6-13(7-5-12)15-10-17(27-25-15)24-18(26)14-8-9-16(19(20,21)22)23-11(14)2/h4-10H,3H2,1-2H3,(H,24,26). The molecule has 2 aromatic heterocycles. The number of hydrogen-bond acceptors (Lipinski definition) is 4. The Bertz CT molecular complexity index is 963. The number of carbonyl (C=O) groups excluding carboxylic acids is 1. The lowest BCUT2D eigenvalue weighted by Crippen LogP contribution is -2.16. The van der Waals surface area contributed by atoms with Gasteiger partial charge in [0.2, 0.25) is 5.88 Å². The largest absolute Gasteiger partial charge is 0.433 e. The lowest BCUT2D eigenvalue weighted by atomic mass is 10.1. The number of aryl methyl sites for hydroxylation is 2. The van der Waals surface area contributed by atoms with E-state index >= 15 is 0 Å². The number of carbonyl (C=O) groups is 1. The number of aromatic nitrogens is 2. The van der Waals surface area contributed by atoms with Crippen molar-refractivity contribution >= 4 is 11.8 Å². The van der Waals surface area contributed by atoms with E-state index in [0.717, 1.165) is 24.1 Å². The third-order valence-electron chi connectivity index (χ3n) is 4.03. The number of alkyl halides is 3. The Balaban J connectivity index is 1.76.